The third-order valence-electron chi connectivity index (χ3n) is 3.54. The van der Waals surface area contributed by atoms with Gasteiger partial charge in [0.25, 0.3) is 0 Å². The van der Waals surface area contributed by atoms with Gasteiger partial charge >= 0.3 is 0 Å². The molecule has 1 atom stereocenters. The SMILES string of the molecule is CC1=CC=CN2CC(C(=O)c3ccccc3)CN=C12.[O-][Cl+3]([O-])([O-])O. The van der Waals surface area contributed by atoms with Crippen LogP contribution in [0.15, 0.2) is 59.2 Å². The first-order valence-corrected chi connectivity index (χ1v) is 8.41. The Labute approximate surface area is 141 Å². The Hall–Kier alpha value is -2.03. The number of rotatable bonds is 2. The highest BCUT2D eigenvalue weighted by Gasteiger charge is 2.28. The molecule has 1 aromatic carbocycles. The predicted molar refractivity (Wildman–Crippen MR) is 78.4 cm³/mol. The van der Waals surface area contributed by atoms with Crippen LogP contribution in [0.25, 0.3) is 0 Å². The van der Waals surface area contributed by atoms with Crippen LogP contribution in [0.1, 0.15) is 17.3 Å². The van der Waals surface area contributed by atoms with Crippen LogP contribution in [0.2, 0.25) is 0 Å². The normalized spacial score (nSPS) is 19.5. The van der Waals surface area contributed by atoms with E-state index < -0.39 is 10.2 Å². The van der Waals surface area contributed by atoms with Gasteiger partial charge in [0.05, 0.1) is 27.4 Å². The summed E-state index contributed by atoms with van der Waals surface area (Å²) in [5, 5.41) is 0. The minimum Gasteiger partial charge on any atom is -0.332 e. The van der Waals surface area contributed by atoms with Gasteiger partial charge in [0.2, 0.25) is 0 Å². The smallest absolute Gasteiger partial charge is 0.169 e. The van der Waals surface area contributed by atoms with E-state index >= 15 is 0 Å². The van der Waals surface area contributed by atoms with Crippen LogP contribution in [-0.4, -0.2) is 34.3 Å². The number of amidine groups is 1. The summed E-state index contributed by atoms with van der Waals surface area (Å²) in [4.78, 5) is 19.1. The number of hydrogen-bond acceptors (Lipinski definition) is 7. The van der Waals surface area contributed by atoms with Gasteiger partial charge in [-0.25, -0.2) is 0 Å². The van der Waals surface area contributed by atoms with Gasteiger partial charge in [-0.1, -0.05) is 36.4 Å². The molecule has 24 heavy (non-hydrogen) atoms. The minimum atomic E-state index is -4.69. The highest BCUT2D eigenvalue weighted by Crippen LogP contribution is 2.21. The summed E-state index contributed by atoms with van der Waals surface area (Å²) >= 11 is 0. The molecule has 0 saturated carbocycles. The molecule has 0 radical (unpaired) electrons. The number of ketones is 1. The second kappa shape index (κ2) is 7.69. The molecule has 0 spiro atoms. The molecule has 1 N–H and O–H groups in total. The van der Waals surface area contributed by atoms with E-state index in [2.05, 4.69) is 22.9 Å². The Morgan fingerprint density at radius 3 is 2.54 bits per heavy atom. The average molecular weight is 353 g/mol. The maximum Gasteiger partial charge on any atom is 0.169 e. The molecule has 2 heterocycles. The fourth-order valence-corrected chi connectivity index (χ4v) is 2.52. The zero-order chi connectivity index (χ0) is 17.7. The fraction of sp³-hybridized carbons (Fsp3) is 0.250. The summed E-state index contributed by atoms with van der Waals surface area (Å²) in [5.74, 6) is 1.13. The highest BCUT2D eigenvalue weighted by atomic mass is 35.7. The Bertz CT molecular complexity index is 673. The Morgan fingerprint density at radius 2 is 1.92 bits per heavy atom. The van der Waals surface area contributed by atoms with Crippen molar-refractivity contribution in [2.24, 2.45) is 10.9 Å². The summed E-state index contributed by atoms with van der Waals surface area (Å²) < 4.78 is 32.7. The molecule has 0 fully saturated rings. The van der Waals surface area contributed by atoms with E-state index in [-0.39, 0.29) is 11.7 Å². The first-order chi connectivity index (χ1) is 11.3. The van der Waals surface area contributed by atoms with Crippen LogP contribution in [0.4, 0.5) is 0 Å². The fourth-order valence-electron chi connectivity index (χ4n) is 2.52. The third kappa shape index (κ3) is 5.26. The Morgan fingerprint density at radius 1 is 1.29 bits per heavy atom. The van der Waals surface area contributed by atoms with Crippen molar-refractivity contribution >= 4 is 11.6 Å². The topological polar surface area (TPSA) is 122 Å². The Balaban J connectivity index is 0.000000368. The van der Waals surface area contributed by atoms with Crippen molar-refractivity contribution in [2.75, 3.05) is 13.1 Å². The molecule has 1 aromatic rings. The van der Waals surface area contributed by atoms with E-state index in [9.17, 15) is 4.79 Å². The van der Waals surface area contributed by atoms with Gasteiger partial charge < -0.3 is 4.90 Å². The van der Waals surface area contributed by atoms with Gasteiger partial charge in [0.15, 0.2) is 5.78 Å². The van der Waals surface area contributed by atoms with Crippen molar-refractivity contribution in [3.05, 3.63) is 59.8 Å². The summed E-state index contributed by atoms with van der Waals surface area (Å²) in [5.41, 5.74) is 1.94. The van der Waals surface area contributed by atoms with Gasteiger partial charge in [0.1, 0.15) is 5.84 Å². The van der Waals surface area contributed by atoms with Crippen molar-refractivity contribution in [1.29, 1.82) is 0 Å². The number of halogens is 1. The second-order valence-electron chi connectivity index (χ2n) is 5.33. The maximum atomic E-state index is 12.4. The molecule has 2 aliphatic heterocycles. The average Bonchev–Trinajstić information content (AvgIpc) is 2.53. The number of Topliss-reactive ketones (excluding diaryl/α,β-unsaturated/α-hetero) is 1. The lowest BCUT2D eigenvalue weighted by Crippen LogP contribution is -2.58. The van der Waals surface area contributed by atoms with E-state index in [0.29, 0.717) is 13.1 Å². The van der Waals surface area contributed by atoms with Crippen LogP contribution >= 0.6 is 0 Å². The van der Waals surface area contributed by atoms with Crippen molar-refractivity contribution < 1.29 is 33.7 Å². The maximum absolute atomic E-state index is 12.4. The second-order valence-corrected chi connectivity index (χ2v) is 6.12. The summed E-state index contributed by atoms with van der Waals surface area (Å²) in [6.45, 7) is 3.35. The van der Waals surface area contributed by atoms with Gasteiger partial charge in [-0.2, -0.15) is 14.0 Å². The molecule has 128 valence electrons. The predicted octanol–water partition coefficient (Wildman–Crippen LogP) is -1.45. The number of hydrogen-bond donors (Lipinski definition) is 1. The first kappa shape index (κ1) is 18.3. The number of carbonyl (C=O) groups excluding carboxylic acids is 1. The zero-order valence-corrected chi connectivity index (χ0v) is 13.7. The van der Waals surface area contributed by atoms with Gasteiger partial charge in [0, 0.05) is 18.3 Å². The lowest BCUT2D eigenvalue weighted by Gasteiger charge is -2.32. The molecule has 8 heteroatoms. The van der Waals surface area contributed by atoms with Gasteiger partial charge in [-0.05, 0) is 18.6 Å². The van der Waals surface area contributed by atoms with Gasteiger partial charge in [-0.3, -0.25) is 9.79 Å². The lowest BCUT2D eigenvalue weighted by atomic mass is 9.95. The summed E-state index contributed by atoms with van der Waals surface area (Å²) in [7, 11) is -4.69. The molecule has 7 nitrogen and oxygen atoms in total. The lowest BCUT2D eigenvalue weighted by molar-refractivity contribution is -1.92. The molecular formula is C16H17ClN2O5. The summed E-state index contributed by atoms with van der Waals surface area (Å²) in [6.07, 6.45) is 6.05. The standard InChI is InChI=1S/C16H16N2O.ClHO4/c1-12-6-5-9-18-11-14(10-17-16(12)18)15(19)13-7-3-2-4-8-13;2-1(3,4)5/h2-9,14H,10-11H2,1H3;(H,2,3,4,5). The molecule has 0 saturated heterocycles. The molecular weight excluding hydrogens is 336 g/mol. The van der Waals surface area contributed by atoms with Crippen LogP contribution in [0.5, 0.6) is 0 Å². The summed E-state index contributed by atoms with van der Waals surface area (Å²) in [6, 6.07) is 9.48. The number of fused-ring (bicyclic) bond motifs is 1. The number of aliphatic imine (C=N–C) groups is 1. The van der Waals surface area contributed by atoms with Crippen molar-refractivity contribution in [3.8, 4) is 0 Å². The molecule has 0 bridgehead atoms. The number of carbonyl (C=O) groups is 1. The van der Waals surface area contributed by atoms with E-state index in [4.69, 9.17) is 18.6 Å². The highest BCUT2D eigenvalue weighted by molar-refractivity contribution is 6.03. The largest absolute Gasteiger partial charge is 0.332 e. The quantitative estimate of drug-likeness (QED) is 0.650. The van der Waals surface area contributed by atoms with Crippen LogP contribution in [0.3, 0.4) is 0 Å². The van der Waals surface area contributed by atoms with Gasteiger partial charge in [-0.15, -0.1) is 0 Å². The monoisotopic (exact) mass is 352 g/mol. The molecule has 0 amide bonds. The van der Waals surface area contributed by atoms with Crippen molar-refractivity contribution in [2.45, 2.75) is 6.92 Å². The molecule has 0 aliphatic carbocycles. The third-order valence-corrected chi connectivity index (χ3v) is 3.54. The van der Waals surface area contributed by atoms with E-state index in [1.807, 2.05) is 42.6 Å². The van der Waals surface area contributed by atoms with E-state index in [1.165, 1.54) is 0 Å². The minimum absolute atomic E-state index is 0.0540. The number of allylic oxidation sites excluding steroid dienone is 2. The van der Waals surface area contributed by atoms with Crippen molar-refractivity contribution in [3.63, 3.8) is 0 Å². The first-order valence-electron chi connectivity index (χ1n) is 7.15. The van der Waals surface area contributed by atoms with Crippen LogP contribution < -0.4 is 14.0 Å². The molecule has 0 aromatic heterocycles. The molecule has 3 rings (SSSR count). The van der Waals surface area contributed by atoms with E-state index in [1.54, 1.807) is 0 Å². The number of benzene rings is 1. The number of nitrogens with zero attached hydrogens (tertiary/aromatic N) is 2. The van der Waals surface area contributed by atoms with Crippen LogP contribution in [0, 0.1) is 16.2 Å². The van der Waals surface area contributed by atoms with E-state index in [0.717, 1.165) is 17.0 Å². The zero-order valence-electron chi connectivity index (χ0n) is 13.0. The van der Waals surface area contributed by atoms with Crippen LogP contribution in [-0.2, 0) is 0 Å². The molecule has 2 aliphatic rings. The Kier molecular flexibility index (Phi) is 5.87. The molecule has 1 unspecified atom stereocenters. The van der Waals surface area contributed by atoms with Crippen molar-refractivity contribution in [1.82, 2.24) is 4.90 Å².